The van der Waals surface area contributed by atoms with Crippen LogP contribution in [-0.4, -0.2) is 27.9 Å². The van der Waals surface area contributed by atoms with E-state index in [-0.39, 0.29) is 12.1 Å². The number of rotatable bonds is 4. The van der Waals surface area contributed by atoms with Crippen molar-refractivity contribution >= 4 is 27.7 Å². The Kier molecular flexibility index (Phi) is 4.40. The fraction of sp³-hybridized carbons (Fsp3) is 0.385. The minimum absolute atomic E-state index is 0.0241. The maximum Gasteiger partial charge on any atom is 0.243 e. The van der Waals surface area contributed by atoms with E-state index in [4.69, 9.17) is 4.52 Å². The molecule has 20 heavy (non-hydrogen) atoms. The second-order valence-electron chi connectivity index (χ2n) is 4.64. The number of nitrogens with one attached hydrogen (secondary N) is 1. The van der Waals surface area contributed by atoms with Crippen LogP contribution in [0, 0.1) is 0 Å². The Morgan fingerprint density at radius 1 is 1.40 bits per heavy atom. The van der Waals surface area contributed by atoms with Crippen molar-refractivity contribution in [1.29, 1.82) is 0 Å². The van der Waals surface area contributed by atoms with Crippen molar-refractivity contribution < 1.29 is 9.63 Å². The lowest BCUT2D eigenvalue weighted by Gasteiger charge is -2.01. The van der Waals surface area contributed by atoms with Crippen LogP contribution in [0.1, 0.15) is 24.2 Å². The number of β-amino-alcohol motifs (C(OH)–C–C–N with tert-alkyl or cyclic N) is 1. The van der Waals surface area contributed by atoms with Gasteiger partial charge in [-0.3, -0.25) is 0 Å². The van der Waals surface area contributed by atoms with Crippen molar-refractivity contribution in [1.82, 2.24) is 15.5 Å². The van der Waals surface area contributed by atoms with Crippen LogP contribution < -0.4 is 5.32 Å². The molecule has 0 saturated carbocycles. The highest BCUT2D eigenvalue weighted by Crippen LogP contribution is 2.25. The predicted molar refractivity (Wildman–Crippen MR) is 79.4 cm³/mol. The van der Waals surface area contributed by atoms with Crippen LogP contribution in [0.2, 0.25) is 0 Å². The second-order valence-corrected chi connectivity index (χ2v) is 6.61. The summed E-state index contributed by atoms with van der Waals surface area (Å²) in [4.78, 5) is 5.54. The molecule has 2 atom stereocenters. The fourth-order valence-corrected chi connectivity index (χ4v) is 3.06. The van der Waals surface area contributed by atoms with Gasteiger partial charge in [0, 0.05) is 15.9 Å². The molecule has 1 aliphatic heterocycles. The first-order valence-corrected chi connectivity index (χ1v) is 8.11. The van der Waals surface area contributed by atoms with E-state index < -0.39 is 0 Å². The van der Waals surface area contributed by atoms with Crippen molar-refractivity contribution in [3.8, 4) is 0 Å². The SMILES string of the molecule is OC1CN[C@H](c2nc(CSc3ccc(Br)cc3)no2)C1. The van der Waals surface area contributed by atoms with Crippen molar-refractivity contribution in [2.24, 2.45) is 0 Å². The summed E-state index contributed by atoms with van der Waals surface area (Å²) in [7, 11) is 0. The number of halogens is 1. The van der Waals surface area contributed by atoms with E-state index in [0.29, 0.717) is 30.4 Å². The van der Waals surface area contributed by atoms with Gasteiger partial charge in [-0.05, 0) is 30.7 Å². The summed E-state index contributed by atoms with van der Waals surface area (Å²) in [6, 6.07) is 8.08. The first-order chi connectivity index (χ1) is 9.70. The van der Waals surface area contributed by atoms with Crippen LogP contribution in [0.3, 0.4) is 0 Å². The number of benzene rings is 1. The zero-order valence-corrected chi connectivity index (χ0v) is 13.0. The topological polar surface area (TPSA) is 71.2 Å². The summed E-state index contributed by atoms with van der Waals surface area (Å²) in [6.45, 7) is 0.579. The average Bonchev–Trinajstić information content (AvgIpc) is 3.07. The minimum atomic E-state index is -0.326. The summed E-state index contributed by atoms with van der Waals surface area (Å²) >= 11 is 5.07. The number of aromatic nitrogens is 2. The maximum atomic E-state index is 9.48. The number of hydrogen-bond donors (Lipinski definition) is 2. The summed E-state index contributed by atoms with van der Waals surface area (Å²) < 4.78 is 6.31. The van der Waals surface area contributed by atoms with Crippen molar-refractivity contribution in [2.45, 2.75) is 29.2 Å². The Balaban J connectivity index is 1.58. The number of aliphatic hydroxyl groups excluding tert-OH is 1. The van der Waals surface area contributed by atoms with E-state index >= 15 is 0 Å². The molecule has 3 rings (SSSR count). The molecule has 7 heteroatoms. The number of thioether (sulfide) groups is 1. The molecule has 2 aromatic rings. The van der Waals surface area contributed by atoms with Gasteiger partial charge in [-0.25, -0.2) is 0 Å². The molecule has 1 fully saturated rings. The van der Waals surface area contributed by atoms with Crippen LogP contribution in [0.15, 0.2) is 38.2 Å². The third kappa shape index (κ3) is 3.41. The zero-order valence-electron chi connectivity index (χ0n) is 10.6. The van der Waals surface area contributed by atoms with Gasteiger partial charge < -0.3 is 14.9 Å². The Hall–Kier alpha value is -0.890. The summed E-state index contributed by atoms with van der Waals surface area (Å²) in [5.74, 6) is 1.91. The quantitative estimate of drug-likeness (QED) is 0.821. The summed E-state index contributed by atoms with van der Waals surface area (Å²) in [5, 5.41) is 16.6. The highest BCUT2D eigenvalue weighted by Gasteiger charge is 2.27. The second kappa shape index (κ2) is 6.26. The van der Waals surface area contributed by atoms with E-state index in [1.807, 2.05) is 24.3 Å². The van der Waals surface area contributed by atoms with Crippen LogP contribution in [0.4, 0.5) is 0 Å². The Labute approximate surface area is 129 Å². The average molecular weight is 356 g/mol. The molecule has 1 aromatic carbocycles. The fourth-order valence-electron chi connectivity index (χ4n) is 2.05. The first-order valence-electron chi connectivity index (χ1n) is 6.33. The Bertz CT molecular complexity index is 575. The van der Waals surface area contributed by atoms with Crippen LogP contribution >= 0.6 is 27.7 Å². The molecule has 1 aromatic heterocycles. The third-order valence-electron chi connectivity index (χ3n) is 3.07. The summed E-state index contributed by atoms with van der Waals surface area (Å²) in [6.07, 6.45) is 0.300. The predicted octanol–water partition coefficient (Wildman–Crippen LogP) is 2.52. The lowest BCUT2D eigenvalue weighted by Crippen LogP contribution is -2.15. The standard InChI is InChI=1S/C13H14BrN3O2S/c14-8-1-3-10(4-2-8)20-7-12-16-13(19-17-12)11-5-9(18)6-15-11/h1-4,9,11,15,18H,5-7H2/t9?,11-/m0/s1. The van der Waals surface area contributed by atoms with Crippen LogP contribution in [0.5, 0.6) is 0 Å². The molecule has 0 bridgehead atoms. The van der Waals surface area contributed by atoms with Gasteiger partial charge in [-0.2, -0.15) is 4.98 Å². The highest BCUT2D eigenvalue weighted by atomic mass is 79.9. The first kappa shape index (κ1) is 14.1. The summed E-state index contributed by atoms with van der Waals surface area (Å²) in [5.41, 5.74) is 0. The van der Waals surface area contributed by atoms with Gasteiger partial charge in [0.05, 0.1) is 17.9 Å². The maximum absolute atomic E-state index is 9.48. The van der Waals surface area contributed by atoms with Gasteiger partial charge in [0.15, 0.2) is 5.82 Å². The lowest BCUT2D eigenvalue weighted by atomic mass is 10.2. The van der Waals surface area contributed by atoms with Gasteiger partial charge in [0.1, 0.15) is 0 Å². The zero-order chi connectivity index (χ0) is 13.9. The molecule has 5 nitrogen and oxygen atoms in total. The molecule has 2 N–H and O–H groups in total. The van der Waals surface area contributed by atoms with Gasteiger partial charge in [-0.15, -0.1) is 11.8 Å². The number of aliphatic hydroxyl groups is 1. The number of nitrogens with zero attached hydrogens (tertiary/aromatic N) is 2. The van der Waals surface area contributed by atoms with Crippen molar-refractivity contribution in [3.63, 3.8) is 0 Å². The van der Waals surface area contributed by atoms with E-state index in [9.17, 15) is 5.11 Å². The van der Waals surface area contributed by atoms with E-state index in [1.165, 1.54) is 0 Å². The minimum Gasteiger partial charge on any atom is -0.392 e. The molecule has 2 heterocycles. The molecule has 1 saturated heterocycles. The molecule has 0 aliphatic carbocycles. The van der Waals surface area contributed by atoms with E-state index in [1.54, 1.807) is 11.8 Å². The van der Waals surface area contributed by atoms with Crippen molar-refractivity contribution in [2.75, 3.05) is 6.54 Å². The van der Waals surface area contributed by atoms with Gasteiger partial charge in [0.25, 0.3) is 0 Å². The third-order valence-corrected chi connectivity index (χ3v) is 4.61. The smallest absolute Gasteiger partial charge is 0.243 e. The largest absolute Gasteiger partial charge is 0.392 e. The van der Waals surface area contributed by atoms with Crippen molar-refractivity contribution in [3.05, 3.63) is 40.5 Å². The van der Waals surface area contributed by atoms with Crippen LogP contribution in [-0.2, 0) is 5.75 Å². The van der Waals surface area contributed by atoms with Gasteiger partial charge in [0.2, 0.25) is 5.89 Å². The molecule has 0 amide bonds. The molecular weight excluding hydrogens is 342 g/mol. The monoisotopic (exact) mass is 355 g/mol. The van der Waals surface area contributed by atoms with E-state index in [2.05, 4.69) is 31.4 Å². The lowest BCUT2D eigenvalue weighted by molar-refractivity contribution is 0.191. The highest BCUT2D eigenvalue weighted by molar-refractivity contribution is 9.10. The molecule has 1 aliphatic rings. The van der Waals surface area contributed by atoms with Gasteiger partial charge >= 0.3 is 0 Å². The molecule has 1 unspecified atom stereocenters. The normalized spacial score (nSPS) is 22.3. The van der Waals surface area contributed by atoms with Crippen LogP contribution in [0.25, 0.3) is 0 Å². The molecular formula is C13H14BrN3O2S. The molecule has 0 spiro atoms. The van der Waals surface area contributed by atoms with Gasteiger partial charge in [-0.1, -0.05) is 21.1 Å². The Morgan fingerprint density at radius 2 is 2.20 bits per heavy atom. The number of hydrogen-bond acceptors (Lipinski definition) is 6. The molecule has 0 radical (unpaired) electrons. The molecule has 106 valence electrons. The Morgan fingerprint density at radius 3 is 2.90 bits per heavy atom. The van der Waals surface area contributed by atoms with E-state index in [0.717, 1.165) is 9.37 Å².